The first-order valence-corrected chi connectivity index (χ1v) is 6.99. The molecule has 0 aliphatic rings. The Hall–Kier alpha value is -1.98. The molecule has 110 valence electrons. The molecule has 21 heavy (non-hydrogen) atoms. The van der Waals surface area contributed by atoms with Gasteiger partial charge in [0.15, 0.2) is 0 Å². The van der Waals surface area contributed by atoms with Crippen molar-refractivity contribution in [1.29, 1.82) is 0 Å². The average molecular weight is 286 g/mol. The summed E-state index contributed by atoms with van der Waals surface area (Å²) in [6.45, 7) is 2.99. The standard InChI is InChI=1S/C16H19BO4/c1-2-13-4-3-5-16(12-13)21-11-10-20-15-8-6-14(7-9-15)17(18)19/h3-9,12,18-19H,2,10-11H2,1H3. The second kappa shape index (κ2) is 7.71. The van der Waals surface area contributed by atoms with E-state index in [1.54, 1.807) is 24.3 Å². The molecule has 4 nitrogen and oxygen atoms in total. The van der Waals surface area contributed by atoms with Crippen molar-refractivity contribution in [3.05, 3.63) is 54.1 Å². The molecule has 2 N–H and O–H groups in total. The number of hydrogen-bond donors (Lipinski definition) is 2. The fourth-order valence-electron chi connectivity index (χ4n) is 1.91. The Bertz CT molecular complexity index is 554. The third kappa shape index (κ3) is 4.81. The summed E-state index contributed by atoms with van der Waals surface area (Å²) in [5.41, 5.74) is 1.68. The molecular formula is C16H19BO4. The van der Waals surface area contributed by atoms with E-state index in [1.165, 1.54) is 5.56 Å². The van der Waals surface area contributed by atoms with E-state index in [1.807, 2.05) is 18.2 Å². The van der Waals surface area contributed by atoms with E-state index in [0.717, 1.165) is 12.2 Å². The molecule has 0 heterocycles. The van der Waals surface area contributed by atoms with Gasteiger partial charge in [-0.3, -0.25) is 0 Å². The maximum atomic E-state index is 8.99. The topological polar surface area (TPSA) is 58.9 Å². The van der Waals surface area contributed by atoms with Gasteiger partial charge in [-0.2, -0.15) is 0 Å². The maximum absolute atomic E-state index is 8.99. The zero-order valence-electron chi connectivity index (χ0n) is 12.0. The summed E-state index contributed by atoms with van der Waals surface area (Å²) in [4.78, 5) is 0. The van der Waals surface area contributed by atoms with E-state index in [2.05, 4.69) is 13.0 Å². The fraction of sp³-hybridized carbons (Fsp3) is 0.250. The Kier molecular flexibility index (Phi) is 5.66. The molecule has 5 heteroatoms. The summed E-state index contributed by atoms with van der Waals surface area (Å²) in [6.07, 6.45) is 0.983. The lowest BCUT2D eigenvalue weighted by Crippen LogP contribution is -2.29. The minimum Gasteiger partial charge on any atom is -0.490 e. The van der Waals surface area contributed by atoms with E-state index in [-0.39, 0.29) is 0 Å². The van der Waals surface area contributed by atoms with Crippen molar-refractivity contribution in [3.8, 4) is 11.5 Å². The molecule has 0 aliphatic carbocycles. The van der Waals surface area contributed by atoms with E-state index < -0.39 is 7.12 Å². The first kappa shape index (κ1) is 15.4. The van der Waals surface area contributed by atoms with Gasteiger partial charge in [0.2, 0.25) is 0 Å². The zero-order valence-corrected chi connectivity index (χ0v) is 12.0. The van der Waals surface area contributed by atoms with Crippen molar-refractivity contribution < 1.29 is 19.5 Å². The Balaban J connectivity index is 1.76. The Morgan fingerprint density at radius 3 is 2.19 bits per heavy atom. The number of aryl methyl sites for hydroxylation is 1. The highest BCUT2D eigenvalue weighted by Crippen LogP contribution is 2.14. The Labute approximate surface area is 125 Å². The lowest BCUT2D eigenvalue weighted by atomic mass is 9.80. The third-order valence-corrected chi connectivity index (χ3v) is 3.11. The van der Waals surface area contributed by atoms with Crippen molar-refractivity contribution in [2.75, 3.05) is 13.2 Å². The molecule has 0 fully saturated rings. The number of hydrogen-bond acceptors (Lipinski definition) is 4. The van der Waals surface area contributed by atoms with Crippen LogP contribution in [0.25, 0.3) is 0 Å². The molecule has 2 aromatic carbocycles. The normalized spacial score (nSPS) is 10.2. The second-order valence-corrected chi connectivity index (χ2v) is 4.64. The highest BCUT2D eigenvalue weighted by Gasteiger charge is 2.09. The van der Waals surface area contributed by atoms with Crippen LogP contribution in [0.5, 0.6) is 11.5 Å². The zero-order chi connectivity index (χ0) is 15.1. The molecule has 2 rings (SSSR count). The van der Waals surface area contributed by atoms with E-state index >= 15 is 0 Å². The van der Waals surface area contributed by atoms with Crippen LogP contribution in [0.2, 0.25) is 0 Å². The second-order valence-electron chi connectivity index (χ2n) is 4.64. The van der Waals surface area contributed by atoms with Crippen LogP contribution < -0.4 is 14.9 Å². The van der Waals surface area contributed by atoms with Gasteiger partial charge in [-0.25, -0.2) is 0 Å². The minimum absolute atomic E-state index is 0.428. The predicted molar refractivity (Wildman–Crippen MR) is 83.1 cm³/mol. The number of rotatable bonds is 7. The quantitative estimate of drug-likeness (QED) is 0.596. The Morgan fingerprint density at radius 2 is 1.57 bits per heavy atom. The summed E-state index contributed by atoms with van der Waals surface area (Å²) < 4.78 is 11.2. The van der Waals surface area contributed by atoms with Crippen molar-refractivity contribution in [2.45, 2.75) is 13.3 Å². The summed E-state index contributed by atoms with van der Waals surface area (Å²) in [7, 11) is -1.45. The predicted octanol–water partition coefficient (Wildman–Crippen LogP) is 1.39. The van der Waals surface area contributed by atoms with Gasteiger partial charge in [-0.1, -0.05) is 31.2 Å². The fourth-order valence-corrected chi connectivity index (χ4v) is 1.91. The molecule has 0 amide bonds. The van der Waals surface area contributed by atoms with Gasteiger partial charge in [0.05, 0.1) is 0 Å². The van der Waals surface area contributed by atoms with Crippen LogP contribution in [0, 0.1) is 0 Å². The van der Waals surface area contributed by atoms with Crippen LogP contribution in [-0.2, 0) is 6.42 Å². The molecule has 0 bridgehead atoms. The smallest absolute Gasteiger partial charge is 0.488 e. The minimum atomic E-state index is -1.45. The molecule has 0 aliphatic heterocycles. The van der Waals surface area contributed by atoms with Crippen LogP contribution in [-0.4, -0.2) is 30.4 Å². The third-order valence-electron chi connectivity index (χ3n) is 3.11. The first-order chi connectivity index (χ1) is 10.2. The molecule has 0 aromatic heterocycles. The largest absolute Gasteiger partial charge is 0.490 e. The van der Waals surface area contributed by atoms with E-state index in [0.29, 0.717) is 24.4 Å². The van der Waals surface area contributed by atoms with Crippen LogP contribution >= 0.6 is 0 Å². The molecule has 0 unspecified atom stereocenters. The molecular weight excluding hydrogens is 267 g/mol. The van der Waals surface area contributed by atoms with Crippen LogP contribution in [0.1, 0.15) is 12.5 Å². The highest BCUT2D eigenvalue weighted by molar-refractivity contribution is 6.58. The first-order valence-electron chi connectivity index (χ1n) is 6.99. The molecule has 0 saturated heterocycles. The van der Waals surface area contributed by atoms with Gasteiger partial charge in [-0.05, 0) is 41.7 Å². The maximum Gasteiger partial charge on any atom is 0.488 e. The lowest BCUT2D eigenvalue weighted by Gasteiger charge is -2.09. The highest BCUT2D eigenvalue weighted by atomic mass is 16.5. The monoisotopic (exact) mass is 286 g/mol. The van der Waals surface area contributed by atoms with Crippen LogP contribution in [0.3, 0.4) is 0 Å². The SMILES string of the molecule is CCc1cccc(OCCOc2ccc(B(O)O)cc2)c1. The van der Waals surface area contributed by atoms with Crippen LogP contribution in [0.15, 0.2) is 48.5 Å². The molecule has 0 spiro atoms. The van der Waals surface area contributed by atoms with E-state index in [4.69, 9.17) is 19.5 Å². The van der Waals surface area contributed by atoms with Crippen molar-refractivity contribution in [3.63, 3.8) is 0 Å². The number of benzene rings is 2. The van der Waals surface area contributed by atoms with Crippen molar-refractivity contribution in [2.24, 2.45) is 0 Å². The van der Waals surface area contributed by atoms with Gasteiger partial charge >= 0.3 is 7.12 Å². The molecule has 0 radical (unpaired) electrons. The van der Waals surface area contributed by atoms with Gasteiger partial charge in [-0.15, -0.1) is 0 Å². The molecule has 0 atom stereocenters. The van der Waals surface area contributed by atoms with Gasteiger partial charge < -0.3 is 19.5 Å². The average Bonchev–Trinajstić information content (AvgIpc) is 2.52. The number of ether oxygens (including phenoxy) is 2. The lowest BCUT2D eigenvalue weighted by molar-refractivity contribution is 0.217. The van der Waals surface area contributed by atoms with Crippen molar-refractivity contribution in [1.82, 2.24) is 0 Å². The molecule has 2 aromatic rings. The van der Waals surface area contributed by atoms with Gasteiger partial charge in [0.25, 0.3) is 0 Å². The summed E-state index contributed by atoms with van der Waals surface area (Å²) >= 11 is 0. The van der Waals surface area contributed by atoms with Crippen molar-refractivity contribution >= 4 is 12.6 Å². The summed E-state index contributed by atoms with van der Waals surface area (Å²) in [6, 6.07) is 14.6. The molecule has 0 saturated carbocycles. The van der Waals surface area contributed by atoms with Gasteiger partial charge in [0.1, 0.15) is 24.7 Å². The van der Waals surface area contributed by atoms with E-state index in [9.17, 15) is 0 Å². The summed E-state index contributed by atoms with van der Waals surface area (Å²) in [5.74, 6) is 1.52. The Morgan fingerprint density at radius 1 is 0.905 bits per heavy atom. The van der Waals surface area contributed by atoms with Crippen LogP contribution in [0.4, 0.5) is 0 Å². The van der Waals surface area contributed by atoms with Gasteiger partial charge in [0, 0.05) is 0 Å². The summed E-state index contributed by atoms with van der Waals surface area (Å²) in [5, 5.41) is 18.0.